The van der Waals surface area contributed by atoms with Crippen molar-refractivity contribution >= 4 is 17.9 Å². The van der Waals surface area contributed by atoms with Crippen LogP contribution in [0.3, 0.4) is 0 Å². The summed E-state index contributed by atoms with van der Waals surface area (Å²) in [4.78, 5) is 24.1. The molecule has 0 aromatic heterocycles. The summed E-state index contributed by atoms with van der Waals surface area (Å²) in [7, 11) is 0. The van der Waals surface area contributed by atoms with E-state index in [1.54, 1.807) is 13.0 Å². The van der Waals surface area contributed by atoms with Gasteiger partial charge in [-0.15, -0.1) is 0 Å². The molecule has 0 amide bonds. The molecule has 0 aliphatic heterocycles. The Morgan fingerprint density at radius 1 is 1.39 bits per heavy atom. The highest BCUT2D eigenvalue weighted by Gasteiger charge is 2.08. The Labute approximate surface area is 108 Å². The molecule has 4 heteroatoms. The molecule has 1 rings (SSSR count). The normalized spacial score (nSPS) is 9.89. The zero-order valence-electron chi connectivity index (χ0n) is 10.9. The van der Waals surface area contributed by atoms with Crippen molar-refractivity contribution in [3.63, 3.8) is 0 Å². The monoisotopic (exact) mass is 249 g/mol. The Morgan fingerprint density at radius 2 is 2.17 bits per heavy atom. The molecular formula is C14H19NO3. The number of esters is 1. The first-order valence-corrected chi connectivity index (χ1v) is 6.17. The number of nitrogens with zero attached hydrogens (tertiary/aromatic N) is 1. The largest absolute Gasteiger partial charge is 0.466 e. The maximum atomic E-state index is 11.3. The standard InChI is InChI=1S/C14H19NO3/c1-3-15(9-8-14(17)18-4-2)13-7-5-6-12(10-13)11-16/h5-7,10-11H,3-4,8-9H2,1-2H3. The van der Waals surface area contributed by atoms with Gasteiger partial charge < -0.3 is 9.64 Å². The van der Waals surface area contributed by atoms with Gasteiger partial charge >= 0.3 is 5.97 Å². The van der Waals surface area contributed by atoms with Gasteiger partial charge in [-0.25, -0.2) is 0 Å². The van der Waals surface area contributed by atoms with Crippen LogP contribution in [0.15, 0.2) is 24.3 Å². The lowest BCUT2D eigenvalue weighted by molar-refractivity contribution is -0.142. The average molecular weight is 249 g/mol. The SMILES string of the molecule is CCOC(=O)CCN(CC)c1cccc(C=O)c1. The van der Waals surface area contributed by atoms with E-state index in [0.29, 0.717) is 25.1 Å². The molecule has 0 saturated heterocycles. The van der Waals surface area contributed by atoms with Crippen LogP contribution in [0.4, 0.5) is 5.69 Å². The van der Waals surface area contributed by atoms with Gasteiger partial charge in [-0.1, -0.05) is 12.1 Å². The molecule has 0 spiro atoms. The minimum atomic E-state index is -0.192. The second-order valence-electron chi connectivity index (χ2n) is 3.85. The van der Waals surface area contributed by atoms with Crippen molar-refractivity contribution in [2.45, 2.75) is 20.3 Å². The summed E-state index contributed by atoms with van der Waals surface area (Å²) >= 11 is 0. The van der Waals surface area contributed by atoms with Crippen LogP contribution in [0.25, 0.3) is 0 Å². The molecule has 1 aromatic rings. The second kappa shape index (κ2) is 7.48. The molecule has 0 aliphatic rings. The Balaban J connectivity index is 2.64. The highest BCUT2D eigenvalue weighted by atomic mass is 16.5. The third-order valence-electron chi connectivity index (χ3n) is 2.64. The maximum Gasteiger partial charge on any atom is 0.307 e. The minimum Gasteiger partial charge on any atom is -0.466 e. The summed E-state index contributed by atoms with van der Waals surface area (Å²) in [5.41, 5.74) is 1.59. The molecule has 0 saturated carbocycles. The van der Waals surface area contributed by atoms with Gasteiger partial charge in [0.15, 0.2) is 0 Å². The predicted molar refractivity (Wildman–Crippen MR) is 71.0 cm³/mol. The van der Waals surface area contributed by atoms with Crippen molar-refractivity contribution in [2.75, 3.05) is 24.6 Å². The van der Waals surface area contributed by atoms with E-state index in [-0.39, 0.29) is 5.97 Å². The topological polar surface area (TPSA) is 46.6 Å². The lowest BCUT2D eigenvalue weighted by Gasteiger charge is -2.22. The molecule has 0 N–H and O–H groups in total. The van der Waals surface area contributed by atoms with Crippen molar-refractivity contribution in [3.8, 4) is 0 Å². The van der Waals surface area contributed by atoms with Crippen LogP contribution in [0.2, 0.25) is 0 Å². The van der Waals surface area contributed by atoms with Crippen molar-refractivity contribution in [1.82, 2.24) is 0 Å². The van der Waals surface area contributed by atoms with Gasteiger partial charge in [0.1, 0.15) is 6.29 Å². The molecule has 0 radical (unpaired) electrons. The number of hydrogen-bond acceptors (Lipinski definition) is 4. The van der Waals surface area contributed by atoms with Crippen LogP contribution in [-0.4, -0.2) is 32.0 Å². The van der Waals surface area contributed by atoms with E-state index in [1.807, 2.05) is 30.0 Å². The van der Waals surface area contributed by atoms with Crippen LogP contribution < -0.4 is 4.90 Å². The lowest BCUT2D eigenvalue weighted by Crippen LogP contribution is -2.26. The minimum absolute atomic E-state index is 0.192. The first-order valence-electron chi connectivity index (χ1n) is 6.17. The number of hydrogen-bond donors (Lipinski definition) is 0. The summed E-state index contributed by atoms with van der Waals surface area (Å²) in [5.74, 6) is -0.192. The molecule has 98 valence electrons. The van der Waals surface area contributed by atoms with Gasteiger partial charge in [-0.05, 0) is 26.0 Å². The molecular weight excluding hydrogens is 230 g/mol. The van der Waals surface area contributed by atoms with E-state index in [0.717, 1.165) is 18.5 Å². The van der Waals surface area contributed by atoms with Gasteiger partial charge in [0.25, 0.3) is 0 Å². The summed E-state index contributed by atoms with van der Waals surface area (Å²) in [5, 5.41) is 0. The molecule has 0 aliphatic carbocycles. The Morgan fingerprint density at radius 3 is 2.78 bits per heavy atom. The molecule has 0 atom stereocenters. The second-order valence-corrected chi connectivity index (χ2v) is 3.85. The lowest BCUT2D eigenvalue weighted by atomic mass is 10.2. The molecule has 0 unspecified atom stereocenters. The van der Waals surface area contributed by atoms with Crippen molar-refractivity contribution in [1.29, 1.82) is 0 Å². The molecule has 18 heavy (non-hydrogen) atoms. The number of carbonyl (C=O) groups excluding carboxylic acids is 2. The van der Waals surface area contributed by atoms with Crippen molar-refractivity contribution < 1.29 is 14.3 Å². The number of rotatable bonds is 7. The van der Waals surface area contributed by atoms with E-state index < -0.39 is 0 Å². The van der Waals surface area contributed by atoms with Gasteiger partial charge in [-0.3, -0.25) is 9.59 Å². The van der Waals surface area contributed by atoms with Crippen LogP contribution in [0.1, 0.15) is 30.6 Å². The van der Waals surface area contributed by atoms with Gasteiger partial charge in [0.05, 0.1) is 13.0 Å². The first kappa shape index (κ1) is 14.2. The van der Waals surface area contributed by atoms with Gasteiger partial charge in [0.2, 0.25) is 0 Å². The van der Waals surface area contributed by atoms with Gasteiger partial charge in [-0.2, -0.15) is 0 Å². The smallest absolute Gasteiger partial charge is 0.307 e. The number of benzene rings is 1. The third kappa shape index (κ3) is 4.20. The van der Waals surface area contributed by atoms with E-state index in [1.165, 1.54) is 0 Å². The fourth-order valence-corrected chi connectivity index (χ4v) is 1.72. The summed E-state index contributed by atoms with van der Waals surface area (Å²) < 4.78 is 4.90. The fourth-order valence-electron chi connectivity index (χ4n) is 1.72. The van der Waals surface area contributed by atoms with E-state index in [9.17, 15) is 9.59 Å². The Bertz CT molecular complexity index is 404. The Hall–Kier alpha value is -1.84. The molecule has 0 fully saturated rings. The highest BCUT2D eigenvalue weighted by Crippen LogP contribution is 2.15. The van der Waals surface area contributed by atoms with Crippen LogP contribution in [-0.2, 0) is 9.53 Å². The summed E-state index contributed by atoms with van der Waals surface area (Å²) in [6, 6.07) is 7.35. The maximum absolute atomic E-state index is 11.3. The Kier molecular flexibility index (Phi) is 5.91. The number of ether oxygens (including phenoxy) is 1. The van der Waals surface area contributed by atoms with E-state index in [4.69, 9.17) is 4.74 Å². The quantitative estimate of drug-likeness (QED) is 0.549. The summed E-state index contributed by atoms with van der Waals surface area (Å²) in [6.07, 6.45) is 1.18. The van der Waals surface area contributed by atoms with Crippen molar-refractivity contribution in [3.05, 3.63) is 29.8 Å². The van der Waals surface area contributed by atoms with Crippen molar-refractivity contribution in [2.24, 2.45) is 0 Å². The molecule has 4 nitrogen and oxygen atoms in total. The predicted octanol–water partition coefficient (Wildman–Crippen LogP) is 2.28. The van der Waals surface area contributed by atoms with Crippen LogP contribution in [0.5, 0.6) is 0 Å². The van der Waals surface area contributed by atoms with E-state index in [2.05, 4.69) is 0 Å². The average Bonchev–Trinajstić information content (AvgIpc) is 2.40. The van der Waals surface area contributed by atoms with E-state index >= 15 is 0 Å². The van der Waals surface area contributed by atoms with Crippen LogP contribution >= 0.6 is 0 Å². The number of anilines is 1. The molecule has 1 aromatic carbocycles. The first-order chi connectivity index (χ1) is 8.71. The van der Waals surface area contributed by atoms with Gasteiger partial charge in [0, 0.05) is 24.3 Å². The zero-order valence-corrected chi connectivity index (χ0v) is 10.9. The molecule has 0 bridgehead atoms. The third-order valence-corrected chi connectivity index (χ3v) is 2.64. The number of aldehydes is 1. The highest BCUT2D eigenvalue weighted by molar-refractivity contribution is 5.77. The molecule has 0 heterocycles. The van der Waals surface area contributed by atoms with Crippen LogP contribution in [0, 0.1) is 0 Å². The number of carbonyl (C=O) groups is 2. The zero-order chi connectivity index (χ0) is 13.4. The summed E-state index contributed by atoms with van der Waals surface area (Å²) in [6.45, 7) is 5.59. The fraction of sp³-hybridized carbons (Fsp3) is 0.429.